The molecule has 0 aliphatic carbocycles. The lowest BCUT2D eigenvalue weighted by Gasteiger charge is -2.06. The van der Waals surface area contributed by atoms with Crippen molar-refractivity contribution >= 4 is 38.9 Å². The Morgan fingerprint density at radius 2 is 2.12 bits per heavy atom. The molecule has 0 fully saturated rings. The molecule has 17 heavy (non-hydrogen) atoms. The molecule has 0 aliphatic heterocycles. The molecule has 2 aromatic rings. The summed E-state index contributed by atoms with van der Waals surface area (Å²) in [6.45, 7) is 3.82. The van der Waals surface area contributed by atoms with Crippen LogP contribution in [0.15, 0.2) is 28.2 Å². The third kappa shape index (κ3) is 2.92. The van der Waals surface area contributed by atoms with Gasteiger partial charge in [0.2, 0.25) is 0 Å². The van der Waals surface area contributed by atoms with Gasteiger partial charge in [0, 0.05) is 10.2 Å². The van der Waals surface area contributed by atoms with E-state index in [4.69, 9.17) is 0 Å². The summed E-state index contributed by atoms with van der Waals surface area (Å²) < 4.78 is 0.953. The van der Waals surface area contributed by atoms with E-state index in [2.05, 4.69) is 26.2 Å². The quantitative estimate of drug-likeness (QED) is 0.917. The normalized spacial score (nSPS) is 10.3. The molecular weight excluding hydrogens is 300 g/mol. The number of rotatable bonds is 2. The average molecular weight is 311 g/mol. The number of hydrogen-bond donors (Lipinski definition) is 1. The fourth-order valence-electron chi connectivity index (χ4n) is 1.52. The zero-order valence-electron chi connectivity index (χ0n) is 9.45. The lowest BCUT2D eigenvalue weighted by atomic mass is 10.2. The predicted molar refractivity (Wildman–Crippen MR) is 73.7 cm³/mol. The topological polar surface area (TPSA) is 42.0 Å². The van der Waals surface area contributed by atoms with Crippen molar-refractivity contribution in [3.63, 3.8) is 0 Å². The Morgan fingerprint density at radius 1 is 1.35 bits per heavy atom. The molecule has 0 bridgehead atoms. The molecule has 0 atom stereocenters. The number of aromatic nitrogens is 1. The van der Waals surface area contributed by atoms with E-state index in [0.717, 1.165) is 21.4 Å². The van der Waals surface area contributed by atoms with Crippen molar-refractivity contribution in [1.29, 1.82) is 0 Å². The number of amides is 1. The highest BCUT2D eigenvalue weighted by Gasteiger charge is 2.11. The number of hydrogen-bond acceptors (Lipinski definition) is 3. The second-order valence-corrected chi connectivity index (χ2v) is 5.51. The summed E-state index contributed by atoms with van der Waals surface area (Å²) in [4.78, 5) is 16.7. The molecule has 0 spiro atoms. The summed E-state index contributed by atoms with van der Waals surface area (Å²) in [5.74, 6) is -0.109. The first-order chi connectivity index (χ1) is 8.06. The lowest BCUT2D eigenvalue weighted by molar-refractivity contribution is 0.103. The second kappa shape index (κ2) is 4.98. The van der Waals surface area contributed by atoms with Gasteiger partial charge in [-0.15, -0.1) is 11.3 Å². The van der Waals surface area contributed by atoms with Crippen LogP contribution in [0, 0.1) is 13.8 Å². The number of carbonyl (C=O) groups excluding carboxylic acids is 1. The highest BCUT2D eigenvalue weighted by Crippen LogP contribution is 2.21. The Morgan fingerprint density at radius 3 is 2.71 bits per heavy atom. The Kier molecular flexibility index (Phi) is 3.59. The maximum atomic E-state index is 12.0. The van der Waals surface area contributed by atoms with Crippen LogP contribution in [0.25, 0.3) is 0 Å². The van der Waals surface area contributed by atoms with Crippen LogP contribution < -0.4 is 5.32 Å². The van der Waals surface area contributed by atoms with E-state index in [1.54, 1.807) is 5.51 Å². The molecule has 3 nitrogen and oxygen atoms in total. The van der Waals surface area contributed by atoms with Crippen LogP contribution in [-0.4, -0.2) is 10.9 Å². The van der Waals surface area contributed by atoms with Crippen LogP contribution >= 0.6 is 27.3 Å². The fourth-order valence-corrected chi connectivity index (χ4v) is 2.82. The SMILES string of the molecule is Cc1cc(Br)cc(NC(=O)c2scnc2C)c1. The largest absolute Gasteiger partial charge is 0.321 e. The van der Waals surface area contributed by atoms with E-state index in [-0.39, 0.29) is 5.91 Å². The van der Waals surface area contributed by atoms with Gasteiger partial charge >= 0.3 is 0 Å². The number of carbonyl (C=O) groups is 1. The van der Waals surface area contributed by atoms with E-state index in [9.17, 15) is 4.79 Å². The molecule has 1 aromatic carbocycles. The number of nitrogens with zero attached hydrogens (tertiary/aromatic N) is 1. The highest BCUT2D eigenvalue weighted by molar-refractivity contribution is 9.10. The molecule has 1 amide bonds. The maximum Gasteiger partial charge on any atom is 0.267 e. The average Bonchev–Trinajstić information content (AvgIpc) is 2.62. The number of aryl methyl sites for hydroxylation is 2. The minimum absolute atomic E-state index is 0.109. The Hall–Kier alpha value is -1.20. The van der Waals surface area contributed by atoms with Crippen LogP contribution in [0.4, 0.5) is 5.69 Å². The first kappa shape index (κ1) is 12.3. The molecule has 0 unspecified atom stereocenters. The van der Waals surface area contributed by atoms with Crippen LogP contribution in [0.3, 0.4) is 0 Å². The summed E-state index contributed by atoms with van der Waals surface area (Å²) in [6, 6.07) is 5.80. The van der Waals surface area contributed by atoms with E-state index in [1.807, 2.05) is 32.0 Å². The van der Waals surface area contributed by atoms with Gasteiger partial charge in [0.25, 0.3) is 5.91 Å². The van der Waals surface area contributed by atoms with Gasteiger partial charge in [-0.3, -0.25) is 4.79 Å². The molecule has 88 valence electrons. The van der Waals surface area contributed by atoms with Crippen molar-refractivity contribution in [3.8, 4) is 0 Å². The van der Waals surface area contributed by atoms with Gasteiger partial charge in [0.1, 0.15) is 4.88 Å². The molecule has 1 N–H and O–H groups in total. The van der Waals surface area contributed by atoms with Crippen molar-refractivity contribution in [2.75, 3.05) is 5.32 Å². The van der Waals surface area contributed by atoms with Gasteiger partial charge in [-0.1, -0.05) is 15.9 Å². The number of nitrogens with one attached hydrogen (secondary N) is 1. The summed E-state index contributed by atoms with van der Waals surface area (Å²) in [7, 11) is 0. The van der Waals surface area contributed by atoms with Crippen LogP contribution in [0.2, 0.25) is 0 Å². The first-order valence-electron chi connectivity index (χ1n) is 5.05. The first-order valence-corrected chi connectivity index (χ1v) is 6.72. The molecule has 0 saturated carbocycles. The standard InChI is InChI=1S/C12H11BrN2OS/c1-7-3-9(13)5-10(4-7)15-12(16)11-8(2)14-6-17-11/h3-6H,1-2H3,(H,15,16). The van der Waals surface area contributed by atoms with Crippen molar-refractivity contribution < 1.29 is 4.79 Å². The summed E-state index contributed by atoms with van der Waals surface area (Å²) in [5, 5.41) is 2.87. The zero-order chi connectivity index (χ0) is 12.4. The van der Waals surface area contributed by atoms with Gasteiger partial charge in [0.05, 0.1) is 11.2 Å². The van der Waals surface area contributed by atoms with Crippen LogP contribution in [0.5, 0.6) is 0 Å². The Bertz CT molecular complexity index is 545. The molecule has 1 heterocycles. The molecule has 0 saturated heterocycles. The van der Waals surface area contributed by atoms with Gasteiger partial charge in [-0.05, 0) is 37.6 Å². The van der Waals surface area contributed by atoms with Crippen molar-refractivity contribution in [2.24, 2.45) is 0 Å². The van der Waals surface area contributed by atoms with E-state index >= 15 is 0 Å². The van der Waals surface area contributed by atoms with Gasteiger partial charge in [-0.2, -0.15) is 0 Å². The summed E-state index contributed by atoms with van der Waals surface area (Å²) in [5.41, 5.74) is 4.32. The summed E-state index contributed by atoms with van der Waals surface area (Å²) in [6.07, 6.45) is 0. The minimum atomic E-state index is -0.109. The van der Waals surface area contributed by atoms with Crippen molar-refractivity contribution in [3.05, 3.63) is 44.3 Å². The monoisotopic (exact) mass is 310 g/mol. The van der Waals surface area contributed by atoms with Gasteiger partial charge < -0.3 is 5.32 Å². The predicted octanol–water partition coefficient (Wildman–Crippen LogP) is 3.77. The van der Waals surface area contributed by atoms with Crippen LogP contribution in [-0.2, 0) is 0 Å². The molecular formula is C12H11BrN2OS. The maximum absolute atomic E-state index is 12.0. The number of thiazole rings is 1. The van der Waals surface area contributed by atoms with E-state index in [0.29, 0.717) is 4.88 Å². The smallest absolute Gasteiger partial charge is 0.267 e. The molecule has 0 radical (unpaired) electrons. The third-order valence-electron chi connectivity index (χ3n) is 2.25. The molecule has 2 rings (SSSR count). The minimum Gasteiger partial charge on any atom is -0.321 e. The van der Waals surface area contributed by atoms with E-state index in [1.165, 1.54) is 11.3 Å². The van der Waals surface area contributed by atoms with E-state index < -0.39 is 0 Å². The third-order valence-corrected chi connectivity index (χ3v) is 3.64. The number of benzene rings is 1. The Labute approximate surface area is 112 Å². The second-order valence-electron chi connectivity index (χ2n) is 3.74. The molecule has 5 heteroatoms. The Balaban J connectivity index is 2.21. The van der Waals surface area contributed by atoms with Crippen molar-refractivity contribution in [1.82, 2.24) is 4.98 Å². The van der Waals surface area contributed by atoms with Crippen molar-refractivity contribution in [2.45, 2.75) is 13.8 Å². The molecule has 0 aliphatic rings. The zero-order valence-corrected chi connectivity index (χ0v) is 11.9. The highest BCUT2D eigenvalue weighted by atomic mass is 79.9. The van der Waals surface area contributed by atoms with Gasteiger partial charge in [-0.25, -0.2) is 4.98 Å². The lowest BCUT2D eigenvalue weighted by Crippen LogP contribution is -2.11. The fraction of sp³-hybridized carbons (Fsp3) is 0.167. The number of halogens is 1. The molecule has 1 aromatic heterocycles. The van der Waals surface area contributed by atoms with Gasteiger partial charge in [0.15, 0.2) is 0 Å². The number of anilines is 1. The summed E-state index contributed by atoms with van der Waals surface area (Å²) >= 11 is 4.76. The van der Waals surface area contributed by atoms with Crippen LogP contribution in [0.1, 0.15) is 20.9 Å².